The highest BCUT2D eigenvalue weighted by molar-refractivity contribution is 5.80. The maximum atomic E-state index is 13.3. The number of carbonyl (C=O) groups is 2. The van der Waals surface area contributed by atoms with E-state index in [1.54, 1.807) is 6.08 Å². The van der Waals surface area contributed by atoms with Crippen LogP contribution in [0.15, 0.2) is 97.2 Å². The van der Waals surface area contributed by atoms with Crippen LogP contribution in [0.2, 0.25) is 0 Å². The predicted octanol–water partition coefficient (Wildman–Crippen LogP) is 10.4. The average molecular weight is 926 g/mol. The molecule has 0 aromatic heterocycles. The fourth-order valence-electron chi connectivity index (χ4n) is 7.30. The van der Waals surface area contributed by atoms with Gasteiger partial charge in [0, 0.05) is 6.42 Å². The molecule has 6 N–H and O–H groups in total. The number of esters is 1. The molecule has 11 nitrogen and oxygen atoms in total. The van der Waals surface area contributed by atoms with Gasteiger partial charge in [0.05, 0.1) is 25.4 Å². The third-order valence-electron chi connectivity index (χ3n) is 11.4. The van der Waals surface area contributed by atoms with Crippen molar-refractivity contribution < 1.29 is 49.3 Å². The Balaban J connectivity index is 2.84. The summed E-state index contributed by atoms with van der Waals surface area (Å²) in [6, 6.07) is -1.07. The van der Waals surface area contributed by atoms with Crippen LogP contribution >= 0.6 is 0 Å². The summed E-state index contributed by atoms with van der Waals surface area (Å²) in [5, 5.41) is 56.4. The molecule has 0 aliphatic carbocycles. The van der Waals surface area contributed by atoms with Gasteiger partial charge in [-0.3, -0.25) is 9.59 Å². The van der Waals surface area contributed by atoms with E-state index < -0.39 is 67.4 Å². The molecule has 1 amide bonds. The standard InChI is InChI=1S/C55H91NO10/c1-4-7-10-13-16-19-22-24-25-28-31-34-37-40-43-50(60)66-53-52(62)51(61)49(44-57)65-55(53)64-45-46(47(58)41-38-35-32-29-26-21-18-15-12-9-6-3)56-54(63)48(59)42-39-36-33-30-27-23-20-17-14-11-8-5-2/h7-8,10-11,14,16-17,19-20,23,27,30,33,36,38,41,46-49,51-53,55,57-59,61-62H,4-6,9,12-13,15,18,21-22,24-26,28-29,31-32,34-35,37,39-40,42-45H2,1-3H3,(H,56,63)/b10-7+,11-8+,17-14+,19-16+,23-20-,30-27-,36-33+,41-38+. The van der Waals surface area contributed by atoms with Gasteiger partial charge in [-0.2, -0.15) is 0 Å². The second kappa shape index (κ2) is 42.9. The van der Waals surface area contributed by atoms with E-state index in [-0.39, 0.29) is 19.4 Å². The number of ether oxygens (including phenoxy) is 3. The third kappa shape index (κ3) is 31.5. The van der Waals surface area contributed by atoms with Gasteiger partial charge in [-0.05, 0) is 64.2 Å². The van der Waals surface area contributed by atoms with Crippen LogP contribution in [-0.4, -0.2) is 99.6 Å². The van der Waals surface area contributed by atoms with E-state index in [1.807, 2.05) is 60.8 Å². The minimum absolute atomic E-state index is 0.100. The molecule has 66 heavy (non-hydrogen) atoms. The smallest absolute Gasteiger partial charge is 0.306 e. The van der Waals surface area contributed by atoms with Gasteiger partial charge in [0.2, 0.25) is 5.91 Å². The van der Waals surface area contributed by atoms with Gasteiger partial charge < -0.3 is 45.1 Å². The van der Waals surface area contributed by atoms with Gasteiger partial charge in [0.1, 0.15) is 24.4 Å². The molecule has 11 heteroatoms. The number of carbonyl (C=O) groups excluding carboxylic acids is 2. The molecule has 1 aliphatic rings. The highest BCUT2D eigenvalue weighted by atomic mass is 16.7. The molecule has 8 unspecified atom stereocenters. The van der Waals surface area contributed by atoms with E-state index in [1.165, 1.54) is 38.5 Å². The summed E-state index contributed by atoms with van der Waals surface area (Å²) < 4.78 is 17.4. The summed E-state index contributed by atoms with van der Waals surface area (Å²) in [7, 11) is 0. The number of hydrogen-bond acceptors (Lipinski definition) is 10. The number of allylic oxidation sites excluding steroid dienone is 15. The molecule has 0 spiro atoms. The second-order valence-electron chi connectivity index (χ2n) is 17.3. The lowest BCUT2D eigenvalue weighted by Gasteiger charge is -2.41. The van der Waals surface area contributed by atoms with Crippen molar-refractivity contribution in [3.8, 4) is 0 Å². The Morgan fingerprint density at radius 1 is 0.621 bits per heavy atom. The molecule has 0 saturated carbocycles. The van der Waals surface area contributed by atoms with Crippen molar-refractivity contribution in [2.24, 2.45) is 0 Å². The van der Waals surface area contributed by atoms with Crippen molar-refractivity contribution in [2.75, 3.05) is 13.2 Å². The Bertz CT molecular complexity index is 1430. The molecule has 376 valence electrons. The SMILES string of the molecule is CC/C=C/C=C/C=C\C=C/C=C/CCC(O)C(=O)NC(COC1OC(CO)C(O)C(O)C1OC(=O)CCCCCCCCC/C=C/C/C=C/CC)C(O)/C=C/CCCCCCCCCCC. The summed E-state index contributed by atoms with van der Waals surface area (Å²) in [6.07, 6.45) is 44.8. The van der Waals surface area contributed by atoms with Crippen molar-refractivity contribution in [3.05, 3.63) is 97.2 Å². The lowest BCUT2D eigenvalue weighted by Crippen LogP contribution is -2.61. The van der Waals surface area contributed by atoms with Crippen LogP contribution in [0.1, 0.15) is 175 Å². The molecule has 0 aromatic rings. The monoisotopic (exact) mass is 926 g/mol. The molecular weight excluding hydrogens is 835 g/mol. The average Bonchev–Trinajstić information content (AvgIpc) is 3.31. The third-order valence-corrected chi connectivity index (χ3v) is 11.4. The number of hydrogen-bond donors (Lipinski definition) is 6. The fraction of sp³-hybridized carbons (Fsp3) is 0.673. The van der Waals surface area contributed by atoms with Gasteiger partial charge >= 0.3 is 5.97 Å². The zero-order valence-corrected chi connectivity index (χ0v) is 41.0. The number of unbranched alkanes of at least 4 members (excludes halogenated alkanes) is 16. The lowest BCUT2D eigenvalue weighted by atomic mass is 9.99. The largest absolute Gasteiger partial charge is 0.454 e. The van der Waals surface area contributed by atoms with Gasteiger partial charge in [-0.1, -0.05) is 201 Å². The molecule has 1 fully saturated rings. The van der Waals surface area contributed by atoms with Gasteiger partial charge in [-0.15, -0.1) is 0 Å². The van der Waals surface area contributed by atoms with Crippen LogP contribution in [0.4, 0.5) is 0 Å². The molecule has 8 atom stereocenters. The minimum Gasteiger partial charge on any atom is -0.454 e. The molecule has 0 aromatic carbocycles. The fourth-order valence-corrected chi connectivity index (χ4v) is 7.30. The summed E-state index contributed by atoms with van der Waals surface area (Å²) >= 11 is 0. The summed E-state index contributed by atoms with van der Waals surface area (Å²) in [5.74, 6) is -1.29. The molecule has 0 bridgehead atoms. The first-order valence-corrected chi connectivity index (χ1v) is 25.6. The van der Waals surface area contributed by atoms with E-state index in [0.29, 0.717) is 12.8 Å². The van der Waals surface area contributed by atoms with Crippen LogP contribution in [-0.2, 0) is 23.8 Å². The Morgan fingerprint density at radius 2 is 1.17 bits per heavy atom. The predicted molar refractivity (Wildman–Crippen MR) is 268 cm³/mol. The van der Waals surface area contributed by atoms with E-state index in [2.05, 4.69) is 56.5 Å². The maximum Gasteiger partial charge on any atom is 0.306 e. The van der Waals surface area contributed by atoms with E-state index in [0.717, 1.165) is 89.9 Å². The Morgan fingerprint density at radius 3 is 1.77 bits per heavy atom. The van der Waals surface area contributed by atoms with Crippen LogP contribution in [0.25, 0.3) is 0 Å². The number of aliphatic hydroxyl groups excluding tert-OH is 5. The lowest BCUT2D eigenvalue weighted by molar-refractivity contribution is -0.305. The van der Waals surface area contributed by atoms with Crippen molar-refractivity contribution >= 4 is 11.9 Å². The second-order valence-corrected chi connectivity index (χ2v) is 17.3. The van der Waals surface area contributed by atoms with Crippen LogP contribution < -0.4 is 5.32 Å². The number of aliphatic hydroxyl groups is 5. The Hall–Kier alpha value is -3.42. The molecule has 0 radical (unpaired) electrons. The molecule has 1 aliphatic heterocycles. The van der Waals surface area contributed by atoms with Crippen molar-refractivity contribution in [1.29, 1.82) is 0 Å². The van der Waals surface area contributed by atoms with Gasteiger partial charge in [0.25, 0.3) is 0 Å². The maximum absolute atomic E-state index is 13.3. The topological polar surface area (TPSA) is 175 Å². The zero-order chi connectivity index (χ0) is 48.3. The van der Waals surface area contributed by atoms with E-state index in [9.17, 15) is 35.1 Å². The summed E-state index contributed by atoms with van der Waals surface area (Å²) in [6.45, 7) is 5.42. The van der Waals surface area contributed by atoms with Crippen molar-refractivity contribution in [2.45, 2.75) is 224 Å². The first kappa shape index (κ1) is 60.6. The Labute approximate surface area is 399 Å². The van der Waals surface area contributed by atoms with E-state index in [4.69, 9.17) is 14.2 Å². The number of amides is 1. The highest BCUT2D eigenvalue weighted by Crippen LogP contribution is 2.26. The van der Waals surface area contributed by atoms with Crippen LogP contribution in [0.5, 0.6) is 0 Å². The van der Waals surface area contributed by atoms with Gasteiger partial charge in [0.15, 0.2) is 12.4 Å². The zero-order valence-electron chi connectivity index (χ0n) is 41.0. The highest BCUT2D eigenvalue weighted by Gasteiger charge is 2.47. The quantitative estimate of drug-likeness (QED) is 0.0150. The minimum atomic E-state index is -1.63. The van der Waals surface area contributed by atoms with Crippen molar-refractivity contribution in [1.82, 2.24) is 5.32 Å². The van der Waals surface area contributed by atoms with E-state index >= 15 is 0 Å². The van der Waals surface area contributed by atoms with Crippen molar-refractivity contribution in [3.63, 3.8) is 0 Å². The molecular formula is C55H91NO10. The number of nitrogens with one attached hydrogen (secondary N) is 1. The van der Waals surface area contributed by atoms with Gasteiger partial charge in [-0.25, -0.2) is 0 Å². The normalized spacial score (nSPS) is 21.0. The van der Waals surface area contributed by atoms with Crippen LogP contribution in [0.3, 0.4) is 0 Å². The first-order chi connectivity index (χ1) is 32.2. The first-order valence-electron chi connectivity index (χ1n) is 25.6. The molecule has 1 heterocycles. The number of rotatable bonds is 40. The Kier molecular flexibility index (Phi) is 39.4. The molecule has 1 saturated heterocycles. The van der Waals surface area contributed by atoms with Crippen LogP contribution in [0, 0.1) is 0 Å². The molecule has 1 rings (SSSR count). The summed E-state index contributed by atoms with van der Waals surface area (Å²) in [4.78, 5) is 26.3. The summed E-state index contributed by atoms with van der Waals surface area (Å²) in [5.41, 5.74) is 0.